The van der Waals surface area contributed by atoms with Crippen molar-refractivity contribution in [3.63, 3.8) is 0 Å². The van der Waals surface area contributed by atoms with Gasteiger partial charge in [0.05, 0.1) is 11.6 Å². The number of aromatic carboxylic acids is 1. The van der Waals surface area contributed by atoms with Gasteiger partial charge < -0.3 is 10.4 Å². The highest BCUT2D eigenvalue weighted by Gasteiger charge is 2.32. The van der Waals surface area contributed by atoms with Crippen LogP contribution in [-0.2, 0) is 11.3 Å². The van der Waals surface area contributed by atoms with E-state index in [9.17, 15) is 9.59 Å². The number of benzene rings is 1. The van der Waals surface area contributed by atoms with Gasteiger partial charge in [0.15, 0.2) is 0 Å². The monoisotopic (exact) mass is 330 g/mol. The molecule has 2 N–H and O–H groups in total. The molecule has 1 unspecified atom stereocenters. The van der Waals surface area contributed by atoms with E-state index in [0.29, 0.717) is 24.6 Å². The van der Waals surface area contributed by atoms with Crippen LogP contribution >= 0.6 is 0 Å². The van der Waals surface area contributed by atoms with Crippen LogP contribution < -0.4 is 5.32 Å². The molecule has 0 bridgehead atoms. The van der Waals surface area contributed by atoms with Crippen molar-refractivity contribution in [2.24, 2.45) is 5.92 Å². The Hall–Kier alpha value is -1.88. The lowest BCUT2D eigenvalue weighted by atomic mass is 9.84. The average Bonchev–Trinajstić information content (AvgIpc) is 2.59. The molecule has 24 heavy (non-hydrogen) atoms. The summed E-state index contributed by atoms with van der Waals surface area (Å²) in [5.74, 6) is -0.104. The van der Waals surface area contributed by atoms with Gasteiger partial charge in [-0.05, 0) is 30.0 Å². The Labute approximate surface area is 143 Å². The number of hydrogen-bond acceptors (Lipinski definition) is 3. The molecule has 1 saturated carbocycles. The number of hydrogen-bond donors (Lipinski definition) is 2. The lowest BCUT2D eigenvalue weighted by Gasteiger charge is -2.37. The Morgan fingerprint density at radius 1 is 1.17 bits per heavy atom. The van der Waals surface area contributed by atoms with Gasteiger partial charge in [-0.25, -0.2) is 4.79 Å². The quantitative estimate of drug-likeness (QED) is 0.871. The van der Waals surface area contributed by atoms with Gasteiger partial charge in [0.1, 0.15) is 0 Å². The third-order valence-corrected chi connectivity index (χ3v) is 5.31. The van der Waals surface area contributed by atoms with E-state index in [0.717, 1.165) is 18.5 Å². The summed E-state index contributed by atoms with van der Waals surface area (Å²) in [7, 11) is 0. The number of nitrogens with zero attached hydrogens (tertiary/aromatic N) is 1. The second-order valence-corrected chi connectivity index (χ2v) is 7.02. The van der Waals surface area contributed by atoms with Gasteiger partial charge in [-0.15, -0.1) is 0 Å². The van der Waals surface area contributed by atoms with E-state index in [4.69, 9.17) is 5.11 Å². The molecule has 1 aliphatic heterocycles. The molecule has 1 aromatic rings. The number of carboxylic acids is 1. The summed E-state index contributed by atoms with van der Waals surface area (Å²) in [6.45, 7) is 2.24. The smallest absolute Gasteiger partial charge is 0.335 e. The SMILES string of the molecule is O=C(O)c1ccc(CN2CCNC(=O)C2CC2CCCCC2)cc1. The molecule has 0 aromatic heterocycles. The average molecular weight is 330 g/mol. The molecule has 1 heterocycles. The molecular formula is C19H26N2O3. The van der Waals surface area contributed by atoms with Gasteiger partial charge in [-0.3, -0.25) is 9.69 Å². The first kappa shape index (κ1) is 17.0. The zero-order valence-electron chi connectivity index (χ0n) is 14.0. The van der Waals surface area contributed by atoms with Crippen LogP contribution in [0.2, 0.25) is 0 Å². The molecule has 5 nitrogen and oxygen atoms in total. The number of carbonyl (C=O) groups excluding carboxylic acids is 1. The Morgan fingerprint density at radius 3 is 2.54 bits per heavy atom. The topological polar surface area (TPSA) is 69.6 Å². The molecule has 1 amide bonds. The molecule has 2 fully saturated rings. The second-order valence-electron chi connectivity index (χ2n) is 7.02. The highest BCUT2D eigenvalue weighted by molar-refractivity contribution is 5.87. The fraction of sp³-hybridized carbons (Fsp3) is 0.579. The van der Waals surface area contributed by atoms with Gasteiger partial charge >= 0.3 is 5.97 Å². The van der Waals surface area contributed by atoms with E-state index in [-0.39, 0.29) is 11.9 Å². The number of amides is 1. The summed E-state index contributed by atoms with van der Waals surface area (Å²) >= 11 is 0. The summed E-state index contributed by atoms with van der Waals surface area (Å²) < 4.78 is 0. The van der Waals surface area contributed by atoms with Crippen molar-refractivity contribution in [1.29, 1.82) is 0 Å². The molecule has 130 valence electrons. The van der Waals surface area contributed by atoms with Crippen LogP contribution in [0.1, 0.15) is 54.4 Å². The molecule has 2 aliphatic rings. The van der Waals surface area contributed by atoms with Crippen molar-refractivity contribution < 1.29 is 14.7 Å². The van der Waals surface area contributed by atoms with Crippen molar-refractivity contribution >= 4 is 11.9 Å². The van der Waals surface area contributed by atoms with Gasteiger partial charge in [-0.1, -0.05) is 44.2 Å². The maximum atomic E-state index is 12.4. The van der Waals surface area contributed by atoms with Crippen LogP contribution in [0.3, 0.4) is 0 Å². The van der Waals surface area contributed by atoms with Crippen molar-refractivity contribution in [2.75, 3.05) is 13.1 Å². The standard InChI is InChI=1S/C19H26N2O3/c22-18-17(12-14-4-2-1-3-5-14)21(11-10-20-18)13-15-6-8-16(9-7-15)19(23)24/h6-9,14,17H,1-5,10-13H2,(H,20,22)(H,23,24). The minimum atomic E-state index is -0.908. The Balaban J connectivity index is 1.66. The molecule has 1 atom stereocenters. The summed E-state index contributed by atoms with van der Waals surface area (Å²) in [5, 5.41) is 12.0. The van der Waals surface area contributed by atoms with Crippen LogP contribution in [0.15, 0.2) is 24.3 Å². The molecule has 3 rings (SSSR count). The predicted molar refractivity (Wildman–Crippen MR) is 91.8 cm³/mol. The van der Waals surface area contributed by atoms with E-state index >= 15 is 0 Å². The van der Waals surface area contributed by atoms with Gasteiger partial charge in [-0.2, -0.15) is 0 Å². The van der Waals surface area contributed by atoms with Crippen LogP contribution in [-0.4, -0.2) is 41.0 Å². The molecule has 1 aromatic carbocycles. The molecule has 1 saturated heterocycles. The largest absolute Gasteiger partial charge is 0.478 e. The molecule has 0 spiro atoms. The minimum Gasteiger partial charge on any atom is -0.478 e. The normalized spacial score (nSPS) is 23.0. The zero-order valence-corrected chi connectivity index (χ0v) is 14.0. The third-order valence-electron chi connectivity index (χ3n) is 5.31. The van der Waals surface area contributed by atoms with E-state index < -0.39 is 5.97 Å². The van der Waals surface area contributed by atoms with Crippen molar-refractivity contribution in [1.82, 2.24) is 10.2 Å². The number of rotatable bonds is 5. The fourth-order valence-electron chi connectivity index (χ4n) is 3.93. The van der Waals surface area contributed by atoms with Crippen LogP contribution in [0.25, 0.3) is 0 Å². The van der Waals surface area contributed by atoms with Crippen molar-refractivity contribution in [2.45, 2.75) is 51.1 Å². The number of nitrogens with one attached hydrogen (secondary N) is 1. The Bertz CT molecular complexity index is 579. The first-order valence-electron chi connectivity index (χ1n) is 8.97. The molecule has 5 heteroatoms. The summed E-state index contributed by atoms with van der Waals surface area (Å²) in [5.41, 5.74) is 1.36. The highest BCUT2D eigenvalue weighted by atomic mass is 16.4. The lowest BCUT2D eigenvalue weighted by molar-refractivity contribution is -0.130. The molecule has 1 aliphatic carbocycles. The lowest BCUT2D eigenvalue weighted by Crippen LogP contribution is -2.55. The van der Waals surface area contributed by atoms with Crippen LogP contribution in [0.4, 0.5) is 0 Å². The van der Waals surface area contributed by atoms with Crippen molar-refractivity contribution in [3.8, 4) is 0 Å². The van der Waals surface area contributed by atoms with E-state index in [2.05, 4.69) is 10.2 Å². The first-order valence-corrected chi connectivity index (χ1v) is 8.97. The third kappa shape index (κ3) is 4.15. The number of carboxylic acid groups (broad SMARTS) is 1. The van der Waals surface area contributed by atoms with E-state index in [1.165, 1.54) is 32.1 Å². The Kier molecular flexibility index (Phi) is 5.51. The van der Waals surface area contributed by atoms with E-state index in [1.807, 2.05) is 12.1 Å². The van der Waals surface area contributed by atoms with Gasteiger partial charge in [0, 0.05) is 19.6 Å². The maximum absolute atomic E-state index is 12.4. The minimum absolute atomic E-state index is 0.0546. The van der Waals surface area contributed by atoms with Crippen LogP contribution in [0.5, 0.6) is 0 Å². The summed E-state index contributed by atoms with van der Waals surface area (Å²) in [4.78, 5) is 25.6. The van der Waals surface area contributed by atoms with E-state index in [1.54, 1.807) is 12.1 Å². The summed E-state index contributed by atoms with van der Waals surface area (Å²) in [6, 6.07) is 6.93. The van der Waals surface area contributed by atoms with Crippen LogP contribution in [0, 0.1) is 5.92 Å². The van der Waals surface area contributed by atoms with Gasteiger partial charge in [0.25, 0.3) is 0 Å². The fourth-order valence-corrected chi connectivity index (χ4v) is 3.93. The first-order chi connectivity index (χ1) is 11.6. The maximum Gasteiger partial charge on any atom is 0.335 e. The number of carbonyl (C=O) groups is 2. The highest BCUT2D eigenvalue weighted by Crippen LogP contribution is 2.29. The molecule has 0 radical (unpaired) electrons. The second kappa shape index (κ2) is 7.79. The molecular weight excluding hydrogens is 304 g/mol. The summed E-state index contributed by atoms with van der Waals surface area (Å²) in [6.07, 6.45) is 7.33. The number of piperazine rings is 1. The van der Waals surface area contributed by atoms with Crippen molar-refractivity contribution in [3.05, 3.63) is 35.4 Å². The zero-order chi connectivity index (χ0) is 16.9. The Morgan fingerprint density at radius 2 is 1.88 bits per heavy atom. The predicted octanol–water partition coefficient (Wildman–Crippen LogP) is 2.66. The van der Waals surface area contributed by atoms with Gasteiger partial charge in [0.2, 0.25) is 5.91 Å².